The summed E-state index contributed by atoms with van der Waals surface area (Å²) in [6.07, 6.45) is 7.46. The Bertz CT molecular complexity index is 879. The van der Waals surface area contributed by atoms with Crippen molar-refractivity contribution in [1.29, 1.82) is 0 Å². The van der Waals surface area contributed by atoms with Crippen LogP contribution in [0.2, 0.25) is 0 Å². The molecule has 1 N–H and O–H groups in total. The Hall–Kier alpha value is -1.60. The molecule has 2 aromatic rings. The fraction of sp³-hybridized carbons (Fsp3) is 0.526. The molecule has 26 heavy (non-hydrogen) atoms. The molecule has 1 amide bonds. The van der Waals surface area contributed by atoms with Gasteiger partial charge in [-0.05, 0) is 32.3 Å². The van der Waals surface area contributed by atoms with Crippen molar-refractivity contribution in [2.45, 2.75) is 63.7 Å². The third-order valence-electron chi connectivity index (χ3n) is 4.87. The van der Waals surface area contributed by atoms with Gasteiger partial charge in [-0.25, -0.2) is 4.98 Å². The van der Waals surface area contributed by atoms with Crippen LogP contribution in [0.1, 0.15) is 42.5 Å². The fourth-order valence-electron chi connectivity index (χ4n) is 3.36. The summed E-state index contributed by atoms with van der Waals surface area (Å²) >= 11 is 2.86. The summed E-state index contributed by atoms with van der Waals surface area (Å²) in [6.45, 7) is 8.10. The van der Waals surface area contributed by atoms with Gasteiger partial charge in [0.2, 0.25) is 5.91 Å². The summed E-state index contributed by atoms with van der Waals surface area (Å²) in [5, 5.41) is 4.38. The van der Waals surface area contributed by atoms with Crippen molar-refractivity contribution in [1.82, 2.24) is 14.9 Å². The zero-order chi connectivity index (χ0) is 18.7. The van der Waals surface area contributed by atoms with Gasteiger partial charge in [-0.3, -0.25) is 14.2 Å². The molecule has 5 nitrogen and oxygen atoms in total. The number of fused-ring (bicyclic) bond motifs is 1. The molecule has 3 rings (SSSR count). The lowest BCUT2D eigenvalue weighted by molar-refractivity contribution is -0.119. The topological polar surface area (TPSA) is 64.0 Å². The number of carbonyl (C=O) groups is 1. The standard InChI is InChI=1S/C19H25N3O2S2/c1-4-10-22-18(24)16-12(2)13(3)26-17(16)21-19(22)25-11-15(23)20-14-8-6-5-7-9-14/h4,14H,1,5-11H2,2-3H3,(H,20,23). The average molecular weight is 392 g/mol. The maximum atomic E-state index is 12.9. The molecule has 0 radical (unpaired) electrons. The normalized spacial score (nSPS) is 15.3. The number of nitrogens with one attached hydrogen (secondary N) is 1. The molecule has 140 valence electrons. The van der Waals surface area contributed by atoms with Crippen LogP contribution in [-0.2, 0) is 11.3 Å². The number of aromatic nitrogens is 2. The van der Waals surface area contributed by atoms with E-state index in [4.69, 9.17) is 0 Å². The molecule has 1 aliphatic rings. The maximum Gasteiger partial charge on any atom is 0.263 e. The zero-order valence-corrected chi connectivity index (χ0v) is 17.0. The molecule has 0 spiro atoms. The molecule has 0 aliphatic heterocycles. The van der Waals surface area contributed by atoms with Crippen LogP contribution in [0.25, 0.3) is 10.2 Å². The van der Waals surface area contributed by atoms with Crippen LogP contribution in [0.3, 0.4) is 0 Å². The molecule has 1 aliphatic carbocycles. The summed E-state index contributed by atoms with van der Waals surface area (Å²) in [4.78, 5) is 31.7. The van der Waals surface area contributed by atoms with Crippen LogP contribution in [0.5, 0.6) is 0 Å². The van der Waals surface area contributed by atoms with Crippen molar-refractivity contribution in [3.8, 4) is 0 Å². The maximum absolute atomic E-state index is 12.9. The largest absolute Gasteiger partial charge is 0.353 e. The van der Waals surface area contributed by atoms with Gasteiger partial charge >= 0.3 is 0 Å². The first-order valence-electron chi connectivity index (χ1n) is 9.05. The highest BCUT2D eigenvalue weighted by Gasteiger charge is 2.19. The first-order valence-corrected chi connectivity index (χ1v) is 10.8. The molecule has 7 heteroatoms. The van der Waals surface area contributed by atoms with E-state index in [1.165, 1.54) is 42.4 Å². The van der Waals surface area contributed by atoms with Crippen molar-refractivity contribution in [3.05, 3.63) is 33.4 Å². The minimum absolute atomic E-state index is 0.0138. The van der Waals surface area contributed by atoms with E-state index in [1.807, 2.05) is 13.8 Å². The lowest BCUT2D eigenvalue weighted by atomic mass is 9.95. The molecule has 2 aromatic heterocycles. The van der Waals surface area contributed by atoms with Gasteiger partial charge in [-0.1, -0.05) is 37.1 Å². The molecule has 2 heterocycles. The van der Waals surface area contributed by atoms with E-state index in [0.717, 1.165) is 28.1 Å². The van der Waals surface area contributed by atoms with Gasteiger partial charge in [0.15, 0.2) is 5.16 Å². The average Bonchev–Trinajstić information content (AvgIpc) is 2.91. The van der Waals surface area contributed by atoms with Crippen LogP contribution in [0.4, 0.5) is 0 Å². The number of thioether (sulfide) groups is 1. The number of allylic oxidation sites excluding steroid dienone is 1. The van der Waals surface area contributed by atoms with E-state index in [-0.39, 0.29) is 17.2 Å². The Morgan fingerprint density at radius 3 is 2.81 bits per heavy atom. The van der Waals surface area contributed by atoms with Crippen molar-refractivity contribution >= 4 is 39.2 Å². The molecule has 0 saturated heterocycles. The van der Waals surface area contributed by atoms with Gasteiger partial charge in [0.05, 0.1) is 11.1 Å². The molecule has 0 unspecified atom stereocenters. The number of thiophene rings is 1. The first kappa shape index (κ1) is 19.2. The van der Waals surface area contributed by atoms with Crippen molar-refractivity contribution < 1.29 is 4.79 Å². The summed E-state index contributed by atoms with van der Waals surface area (Å²) in [5.41, 5.74) is 0.943. The number of hydrogen-bond donors (Lipinski definition) is 1. The highest BCUT2D eigenvalue weighted by Crippen LogP contribution is 2.28. The monoisotopic (exact) mass is 391 g/mol. The quantitative estimate of drug-likeness (QED) is 0.462. The summed E-state index contributed by atoms with van der Waals surface area (Å²) in [7, 11) is 0. The van der Waals surface area contributed by atoms with Gasteiger partial charge in [-0.15, -0.1) is 17.9 Å². The Morgan fingerprint density at radius 2 is 2.12 bits per heavy atom. The minimum Gasteiger partial charge on any atom is -0.353 e. The number of rotatable bonds is 6. The smallest absolute Gasteiger partial charge is 0.263 e. The molecule has 1 fully saturated rings. The molecule has 0 aromatic carbocycles. The number of carbonyl (C=O) groups excluding carboxylic acids is 1. The molecular formula is C19H25N3O2S2. The number of amides is 1. The lowest BCUT2D eigenvalue weighted by Crippen LogP contribution is -2.37. The Labute approximate surface area is 161 Å². The number of hydrogen-bond acceptors (Lipinski definition) is 5. The highest BCUT2D eigenvalue weighted by molar-refractivity contribution is 7.99. The van der Waals surface area contributed by atoms with Crippen LogP contribution < -0.4 is 10.9 Å². The first-order chi connectivity index (χ1) is 12.5. The highest BCUT2D eigenvalue weighted by atomic mass is 32.2. The predicted octanol–water partition coefficient (Wildman–Crippen LogP) is 3.80. The van der Waals surface area contributed by atoms with Crippen molar-refractivity contribution in [2.24, 2.45) is 0 Å². The van der Waals surface area contributed by atoms with E-state index in [9.17, 15) is 9.59 Å². The zero-order valence-electron chi connectivity index (χ0n) is 15.3. The van der Waals surface area contributed by atoms with Gasteiger partial charge in [-0.2, -0.15) is 0 Å². The Balaban J connectivity index is 1.79. The van der Waals surface area contributed by atoms with Crippen LogP contribution in [0, 0.1) is 13.8 Å². The lowest BCUT2D eigenvalue weighted by Gasteiger charge is -2.22. The molecule has 0 atom stereocenters. The number of aryl methyl sites for hydroxylation is 2. The molecular weight excluding hydrogens is 366 g/mol. The van der Waals surface area contributed by atoms with Gasteiger partial charge in [0.25, 0.3) is 5.56 Å². The molecule has 0 bridgehead atoms. The molecule has 1 saturated carbocycles. The second-order valence-corrected chi connectivity index (χ2v) is 8.90. The van der Waals surface area contributed by atoms with E-state index >= 15 is 0 Å². The Kier molecular flexibility index (Phi) is 6.19. The van der Waals surface area contributed by atoms with E-state index in [1.54, 1.807) is 10.6 Å². The third kappa shape index (κ3) is 4.04. The second kappa shape index (κ2) is 8.39. The SMILES string of the molecule is C=CCn1c(SCC(=O)NC2CCCCC2)nc2sc(C)c(C)c2c1=O. The fourth-order valence-corrected chi connectivity index (χ4v) is 5.25. The Morgan fingerprint density at radius 1 is 1.38 bits per heavy atom. The van der Waals surface area contributed by atoms with Gasteiger partial charge < -0.3 is 5.32 Å². The van der Waals surface area contributed by atoms with E-state index in [2.05, 4.69) is 16.9 Å². The van der Waals surface area contributed by atoms with Crippen LogP contribution >= 0.6 is 23.1 Å². The van der Waals surface area contributed by atoms with Crippen LogP contribution in [-0.4, -0.2) is 27.3 Å². The second-order valence-electron chi connectivity index (χ2n) is 6.75. The summed E-state index contributed by atoms with van der Waals surface area (Å²) in [5.74, 6) is 0.287. The third-order valence-corrected chi connectivity index (χ3v) is 6.95. The van der Waals surface area contributed by atoms with Gasteiger partial charge in [0.1, 0.15) is 4.83 Å². The number of nitrogens with zero attached hydrogens (tertiary/aromatic N) is 2. The van der Waals surface area contributed by atoms with E-state index < -0.39 is 0 Å². The van der Waals surface area contributed by atoms with E-state index in [0.29, 0.717) is 23.1 Å². The van der Waals surface area contributed by atoms with Gasteiger partial charge in [0, 0.05) is 17.5 Å². The van der Waals surface area contributed by atoms with Crippen LogP contribution in [0.15, 0.2) is 22.6 Å². The summed E-state index contributed by atoms with van der Waals surface area (Å²) in [6, 6.07) is 0.297. The van der Waals surface area contributed by atoms with Crippen molar-refractivity contribution in [2.75, 3.05) is 5.75 Å². The van der Waals surface area contributed by atoms with Crippen molar-refractivity contribution in [3.63, 3.8) is 0 Å². The minimum atomic E-state index is -0.0491. The summed E-state index contributed by atoms with van der Waals surface area (Å²) < 4.78 is 1.62. The predicted molar refractivity (Wildman–Crippen MR) is 109 cm³/mol.